The van der Waals surface area contributed by atoms with Gasteiger partial charge in [0.1, 0.15) is 0 Å². The number of benzene rings is 1. The summed E-state index contributed by atoms with van der Waals surface area (Å²) in [5.74, 6) is 0. The number of nitrogens with one attached hydrogen (secondary N) is 1. The molecular weight excluding hydrogens is 248 g/mol. The maximum Gasteiger partial charge on any atom is 0.0713 e. The quantitative estimate of drug-likeness (QED) is 0.829. The topological polar surface area (TPSA) is 24.5 Å². The van der Waals surface area contributed by atoms with Crippen molar-refractivity contribution in [2.75, 3.05) is 27.7 Å². The summed E-state index contributed by atoms with van der Waals surface area (Å²) in [7, 11) is 6.16. The molecule has 3 nitrogen and oxygen atoms in total. The number of nitrogens with zero attached hydrogens (tertiary/aromatic N) is 1. The molecule has 20 heavy (non-hydrogen) atoms. The van der Waals surface area contributed by atoms with Gasteiger partial charge in [-0.3, -0.25) is 0 Å². The van der Waals surface area contributed by atoms with Crippen LogP contribution in [0.25, 0.3) is 0 Å². The Kier molecular flexibility index (Phi) is 5.58. The van der Waals surface area contributed by atoms with Gasteiger partial charge in [-0.25, -0.2) is 0 Å². The molecule has 1 aromatic carbocycles. The molecule has 0 aromatic heterocycles. The lowest BCUT2D eigenvalue weighted by molar-refractivity contribution is 0.153. The Morgan fingerprint density at radius 3 is 2.25 bits per heavy atom. The Morgan fingerprint density at radius 2 is 1.70 bits per heavy atom. The maximum absolute atomic E-state index is 5.13. The SMILES string of the molecule is COCc1ccc(CNCC2(N(C)C)CCCC2)cc1. The van der Waals surface area contributed by atoms with E-state index in [1.807, 2.05) is 0 Å². The van der Waals surface area contributed by atoms with Gasteiger partial charge >= 0.3 is 0 Å². The fourth-order valence-electron chi connectivity index (χ4n) is 3.17. The van der Waals surface area contributed by atoms with Crippen LogP contribution in [0.3, 0.4) is 0 Å². The van der Waals surface area contributed by atoms with Gasteiger partial charge in [0.25, 0.3) is 0 Å². The Labute approximate surface area is 123 Å². The van der Waals surface area contributed by atoms with E-state index in [-0.39, 0.29) is 0 Å². The first-order valence-corrected chi connectivity index (χ1v) is 7.61. The van der Waals surface area contributed by atoms with Crippen molar-refractivity contribution >= 4 is 0 Å². The molecule has 0 radical (unpaired) electrons. The predicted octanol–water partition coefficient (Wildman–Crippen LogP) is 2.80. The Morgan fingerprint density at radius 1 is 1.10 bits per heavy atom. The lowest BCUT2D eigenvalue weighted by Crippen LogP contribution is -2.49. The van der Waals surface area contributed by atoms with Gasteiger partial charge in [0.2, 0.25) is 0 Å². The molecule has 112 valence electrons. The van der Waals surface area contributed by atoms with Crippen LogP contribution in [0.5, 0.6) is 0 Å². The van der Waals surface area contributed by atoms with Crippen molar-refractivity contribution in [3.8, 4) is 0 Å². The molecule has 3 heteroatoms. The molecule has 1 aromatic rings. The van der Waals surface area contributed by atoms with Crippen molar-refractivity contribution < 1.29 is 4.74 Å². The van der Waals surface area contributed by atoms with E-state index in [0.29, 0.717) is 12.1 Å². The fraction of sp³-hybridized carbons (Fsp3) is 0.647. The Bertz CT molecular complexity index is 394. The lowest BCUT2D eigenvalue weighted by Gasteiger charge is -2.36. The van der Waals surface area contributed by atoms with E-state index in [4.69, 9.17) is 4.74 Å². The van der Waals surface area contributed by atoms with E-state index in [0.717, 1.165) is 13.1 Å². The smallest absolute Gasteiger partial charge is 0.0713 e. The standard InChI is InChI=1S/C17H28N2O/c1-19(2)17(10-4-5-11-17)14-18-12-15-6-8-16(9-7-15)13-20-3/h6-9,18H,4-5,10-14H2,1-3H3. The molecule has 0 spiro atoms. The zero-order valence-corrected chi connectivity index (χ0v) is 13.1. The number of rotatable bonds is 7. The minimum atomic E-state index is 0.371. The highest BCUT2D eigenvalue weighted by Gasteiger charge is 2.35. The summed E-state index contributed by atoms with van der Waals surface area (Å²) >= 11 is 0. The lowest BCUT2D eigenvalue weighted by atomic mass is 9.96. The molecular formula is C17H28N2O. The number of ether oxygens (including phenoxy) is 1. The van der Waals surface area contributed by atoms with Crippen LogP contribution >= 0.6 is 0 Å². The monoisotopic (exact) mass is 276 g/mol. The average molecular weight is 276 g/mol. The van der Waals surface area contributed by atoms with Gasteiger partial charge in [0, 0.05) is 25.7 Å². The van der Waals surface area contributed by atoms with Crippen LogP contribution < -0.4 is 5.32 Å². The van der Waals surface area contributed by atoms with Crippen molar-refractivity contribution in [3.05, 3.63) is 35.4 Å². The molecule has 2 rings (SSSR count). The molecule has 0 unspecified atom stereocenters. The normalized spacial score (nSPS) is 17.8. The molecule has 1 aliphatic carbocycles. The van der Waals surface area contributed by atoms with Crippen molar-refractivity contribution in [1.29, 1.82) is 0 Å². The number of hydrogen-bond donors (Lipinski definition) is 1. The highest BCUT2D eigenvalue weighted by atomic mass is 16.5. The van der Waals surface area contributed by atoms with Crippen molar-refractivity contribution in [1.82, 2.24) is 10.2 Å². The summed E-state index contributed by atoms with van der Waals surface area (Å²) < 4.78 is 5.13. The second-order valence-electron chi connectivity index (χ2n) is 6.18. The van der Waals surface area contributed by atoms with Crippen LogP contribution in [0.15, 0.2) is 24.3 Å². The minimum absolute atomic E-state index is 0.371. The Hall–Kier alpha value is -0.900. The molecule has 1 N–H and O–H groups in total. The van der Waals surface area contributed by atoms with Crippen LogP contribution in [0.1, 0.15) is 36.8 Å². The van der Waals surface area contributed by atoms with E-state index < -0.39 is 0 Å². The number of methoxy groups -OCH3 is 1. The van der Waals surface area contributed by atoms with E-state index in [9.17, 15) is 0 Å². The molecule has 1 aliphatic rings. The summed E-state index contributed by atoms with van der Waals surface area (Å²) in [6.45, 7) is 2.72. The van der Waals surface area contributed by atoms with Crippen molar-refractivity contribution in [2.45, 2.75) is 44.4 Å². The van der Waals surface area contributed by atoms with Gasteiger partial charge in [-0.15, -0.1) is 0 Å². The van der Waals surface area contributed by atoms with Crippen LogP contribution in [-0.4, -0.2) is 38.2 Å². The van der Waals surface area contributed by atoms with E-state index in [2.05, 4.69) is 48.6 Å². The molecule has 1 saturated carbocycles. The van der Waals surface area contributed by atoms with Crippen molar-refractivity contribution in [2.24, 2.45) is 0 Å². The zero-order chi connectivity index (χ0) is 14.4. The van der Waals surface area contributed by atoms with E-state index in [1.54, 1.807) is 7.11 Å². The van der Waals surface area contributed by atoms with Crippen molar-refractivity contribution in [3.63, 3.8) is 0 Å². The molecule has 0 saturated heterocycles. The van der Waals surface area contributed by atoms with Gasteiger partial charge in [-0.05, 0) is 38.1 Å². The van der Waals surface area contributed by atoms with Crippen LogP contribution in [0.2, 0.25) is 0 Å². The van der Waals surface area contributed by atoms with Crippen LogP contribution in [0, 0.1) is 0 Å². The van der Waals surface area contributed by atoms with Crippen LogP contribution in [-0.2, 0) is 17.9 Å². The minimum Gasteiger partial charge on any atom is -0.380 e. The molecule has 0 atom stereocenters. The summed E-state index contributed by atoms with van der Waals surface area (Å²) in [6, 6.07) is 8.69. The van der Waals surface area contributed by atoms with Gasteiger partial charge < -0.3 is 15.0 Å². The summed E-state index contributed by atoms with van der Waals surface area (Å²) in [4.78, 5) is 2.41. The highest BCUT2D eigenvalue weighted by Crippen LogP contribution is 2.33. The first-order valence-electron chi connectivity index (χ1n) is 7.61. The van der Waals surface area contributed by atoms with Gasteiger partial charge in [0.15, 0.2) is 0 Å². The molecule has 0 amide bonds. The maximum atomic E-state index is 5.13. The molecule has 1 fully saturated rings. The van der Waals surface area contributed by atoms with E-state index in [1.165, 1.54) is 36.8 Å². The molecule has 0 aliphatic heterocycles. The fourth-order valence-corrected chi connectivity index (χ4v) is 3.17. The summed E-state index contributed by atoms with van der Waals surface area (Å²) in [5, 5.41) is 3.64. The first kappa shape index (κ1) is 15.5. The van der Waals surface area contributed by atoms with Gasteiger partial charge in [-0.1, -0.05) is 37.1 Å². The zero-order valence-electron chi connectivity index (χ0n) is 13.1. The number of hydrogen-bond acceptors (Lipinski definition) is 3. The average Bonchev–Trinajstić information content (AvgIpc) is 2.91. The third-order valence-corrected chi connectivity index (χ3v) is 4.60. The largest absolute Gasteiger partial charge is 0.380 e. The van der Waals surface area contributed by atoms with Crippen LogP contribution in [0.4, 0.5) is 0 Å². The van der Waals surface area contributed by atoms with E-state index >= 15 is 0 Å². The summed E-state index contributed by atoms with van der Waals surface area (Å²) in [5.41, 5.74) is 2.95. The first-order chi connectivity index (χ1) is 9.66. The molecule has 0 heterocycles. The third kappa shape index (κ3) is 3.81. The second kappa shape index (κ2) is 7.21. The summed E-state index contributed by atoms with van der Waals surface area (Å²) in [6.07, 6.45) is 5.37. The highest BCUT2D eigenvalue weighted by molar-refractivity contribution is 5.22. The predicted molar refractivity (Wildman–Crippen MR) is 83.7 cm³/mol. The molecule has 0 bridgehead atoms. The third-order valence-electron chi connectivity index (χ3n) is 4.60. The Balaban J connectivity index is 1.82. The van der Waals surface area contributed by atoms with Gasteiger partial charge in [-0.2, -0.15) is 0 Å². The van der Waals surface area contributed by atoms with Gasteiger partial charge in [0.05, 0.1) is 6.61 Å². The number of likely N-dealkylation sites (N-methyl/N-ethyl adjacent to an activating group) is 1. The second-order valence-corrected chi connectivity index (χ2v) is 6.18.